The van der Waals surface area contributed by atoms with Crippen LogP contribution in [0.1, 0.15) is 6.92 Å². The van der Waals surface area contributed by atoms with Gasteiger partial charge in [0.1, 0.15) is 0 Å². The number of pyridine rings is 1. The van der Waals surface area contributed by atoms with Gasteiger partial charge in [0.05, 0.1) is 16.6 Å². The molecule has 2 aromatic rings. The Morgan fingerprint density at radius 1 is 1.64 bits per heavy atom. The molecule has 0 N–H and O–H groups in total. The van der Waals surface area contributed by atoms with E-state index in [4.69, 9.17) is 0 Å². The van der Waals surface area contributed by atoms with E-state index in [0.29, 0.717) is 12.1 Å². The number of hydrogen-bond donors (Lipinski definition) is 0. The average molecular weight is 191 g/mol. The number of aryl methyl sites for hydroxylation is 1. The second kappa shape index (κ2) is 3.10. The van der Waals surface area contributed by atoms with Crippen molar-refractivity contribution in [1.82, 2.24) is 9.55 Å². The SMILES string of the molecule is CCn1cc([N+](=O)[O-])c2ncccc21. The zero-order chi connectivity index (χ0) is 10.1. The predicted molar refractivity (Wildman–Crippen MR) is 52.1 cm³/mol. The highest BCUT2D eigenvalue weighted by Crippen LogP contribution is 2.25. The molecule has 0 aliphatic carbocycles. The zero-order valence-electron chi connectivity index (χ0n) is 7.67. The lowest BCUT2D eigenvalue weighted by molar-refractivity contribution is -0.383. The van der Waals surface area contributed by atoms with Crippen LogP contribution < -0.4 is 0 Å². The van der Waals surface area contributed by atoms with Gasteiger partial charge in [-0.05, 0) is 19.1 Å². The summed E-state index contributed by atoms with van der Waals surface area (Å²) in [5.74, 6) is 0. The van der Waals surface area contributed by atoms with Crippen molar-refractivity contribution >= 4 is 16.7 Å². The second-order valence-corrected chi connectivity index (χ2v) is 2.93. The van der Waals surface area contributed by atoms with E-state index in [0.717, 1.165) is 5.52 Å². The molecule has 0 bridgehead atoms. The molecule has 0 saturated carbocycles. The normalized spacial score (nSPS) is 10.6. The van der Waals surface area contributed by atoms with Crippen molar-refractivity contribution in [2.24, 2.45) is 0 Å². The number of nitro groups is 1. The maximum absolute atomic E-state index is 10.7. The highest BCUT2D eigenvalue weighted by atomic mass is 16.6. The van der Waals surface area contributed by atoms with E-state index in [1.165, 1.54) is 6.20 Å². The molecule has 0 amide bonds. The van der Waals surface area contributed by atoms with Crippen LogP contribution in [0.2, 0.25) is 0 Å². The Bertz CT molecular complexity index is 490. The molecule has 5 nitrogen and oxygen atoms in total. The van der Waals surface area contributed by atoms with Gasteiger partial charge in [-0.2, -0.15) is 0 Å². The topological polar surface area (TPSA) is 61.0 Å². The van der Waals surface area contributed by atoms with Crippen molar-refractivity contribution < 1.29 is 4.92 Å². The third-order valence-corrected chi connectivity index (χ3v) is 2.15. The summed E-state index contributed by atoms with van der Waals surface area (Å²) >= 11 is 0. The van der Waals surface area contributed by atoms with Gasteiger partial charge < -0.3 is 4.57 Å². The molecular formula is C9H9N3O2. The molecule has 0 atom stereocenters. The van der Waals surface area contributed by atoms with Gasteiger partial charge in [-0.25, -0.2) is 4.98 Å². The van der Waals surface area contributed by atoms with Crippen LogP contribution in [-0.4, -0.2) is 14.5 Å². The summed E-state index contributed by atoms with van der Waals surface area (Å²) in [6.45, 7) is 2.65. The van der Waals surface area contributed by atoms with Crippen LogP contribution >= 0.6 is 0 Å². The molecule has 0 aromatic carbocycles. The summed E-state index contributed by atoms with van der Waals surface area (Å²) < 4.78 is 1.82. The number of aromatic nitrogens is 2. The van der Waals surface area contributed by atoms with Gasteiger partial charge in [-0.1, -0.05) is 0 Å². The van der Waals surface area contributed by atoms with Crippen molar-refractivity contribution in [3.05, 3.63) is 34.6 Å². The van der Waals surface area contributed by atoms with Crippen LogP contribution in [0, 0.1) is 10.1 Å². The molecule has 2 aromatic heterocycles. The number of rotatable bonds is 2. The van der Waals surface area contributed by atoms with E-state index in [9.17, 15) is 10.1 Å². The lowest BCUT2D eigenvalue weighted by Crippen LogP contribution is -1.90. The fraction of sp³-hybridized carbons (Fsp3) is 0.222. The van der Waals surface area contributed by atoms with Crippen molar-refractivity contribution in [2.75, 3.05) is 0 Å². The van der Waals surface area contributed by atoms with Gasteiger partial charge in [-0.15, -0.1) is 0 Å². The molecule has 0 unspecified atom stereocenters. The summed E-state index contributed by atoms with van der Waals surface area (Å²) in [7, 11) is 0. The third-order valence-electron chi connectivity index (χ3n) is 2.15. The molecule has 5 heteroatoms. The maximum Gasteiger partial charge on any atom is 0.312 e. The summed E-state index contributed by atoms with van der Waals surface area (Å²) in [6.07, 6.45) is 3.09. The Morgan fingerprint density at radius 3 is 3.07 bits per heavy atom. The highest BCUT2D eigenvalue weighted by molar-refractivity contribution is 5.85. The Labute approximate surface area is 80.1 Å². The lowest BCUT2D eigenvalue weighted by atomic mass is 10.3. The molecule has 0 aliphatic heterocycles. The predicted octanol–water partition coefficient (Wildman–Crippen LogP) is 1.96. The molecule has 72 valence electrons. The minimum absolute atomic E-state index is 0.0717. The van der Waals surface area contributed by atoms with Gasteiger partial charge in [-0.3, -0.25) is 10.1 Å². The van der Waals surface area contributed by atoms with E-state index < -0.39 is 4.92 Å². The van der Waals surface area contributed by atoms with Gasteiger partial charge in [0.2, 0.25) is 0 Å². The van der Waals surface area contributed by atoms with E-state index >= 15 is 0 Å². The van der Waals surface area contributed by atoms with Crippen molar-refractivity contribution in [3.8, 4) is 0 Å². The molecular weight excluding hydrogens is 182 g/mol. The van der Waals surface area contributed by atoms with Crippen LogP contribution in [0.15, 0.2) is 24.5 Å². The molecule has 0 aliphatic rings. The lowest BCUT2D eigenvalue weighted by Gasteiger charge is -1.96. The second-order valence-electron chi connectivity index (χ2n) is 2.93. The van der Waals surface area contributed by atoms with Crippen molar-refractivity contribution in [2.45, 2.75) is 13.5 Å². The fourth-order valence-corrected chi connectivity index (χ4v) is 1.50. The van der Waals surface area contributed by atoms with Gasteiger partial charge in [0.15, 0.2) is 5.52 Å². The summed E-state index contributed by atoms with van der Waals surface area (Å²) in [5.41, 5.74) is 1.34. The van der Waals surface area contributed by atoms with Gasteiger partial charge >= 0.3 is 5.69 Å². The van der Waals surface area contributed by atoms with E-state index in [1.54, 1.807) is 12.3 Å². The first kappa shape index (κ1) is 8.68. The zero-order valence-corrected chi connectivity index (χ0v) is 7.67. The average Bonchev–Trinajstić information content (AvgIpc) is 2.56. The summed E-state index contributed by atoms with van der Waals surface area (Å²) in [4.78, 5) is 14.3. The summed E-state index contributed by atoms with van der Waals surface area (Å²) in [5, 5.41) is 10.7. The largest absolute Gasteiger partial charge is 0.340 e. The first-order valence-electron chi connectivity index (χ1n) is 4.32. The first-order valence-corrected chi connectivity index (χ1v) is 4.32. The number of nitrogens with zero attached hydrogens (tertiary/aromatic N) is 3. The van der Waals surface area contributed by atoms with Crippen molar-refractivity contribution in [1.29, 1.82) is 0 Å². The minimum Gasteiger partial charge on any atom is -0.340 e. The molecule has 0 fully saturated rings. The van der Waals surface area contributed by atoms with Crippen LogP contribution in [0.25, 0.3) is 11.0 Å². The molecule has 2 rings (SSSR count). The quantitative estimate of drug-likeness (QED) is 0.538. The third kappa shape index (κ3) is 1.14. The molecule has 2 heterocycles. The van der Waals surface area contributed by atoms with Gasteiger partial charge in [0.25, 0.3) is 0 Å². The Kier molecular flexibility index (Phi) is 1.92. The Hall–Kier alpha value is -1.91. The van der Waals surface area contributed by atoms with E-state index in [2.05, 4.69) is 4.98 Å². The van der Waals surface area contributed by atoms with E-state index in [-0.39, 0.29) is 5.69 Å². The van der Waals surface area contributed by atoms with Crippen LogP contribution in [-0.2, 0) is 6.54 Å². The van der Waals surface area contributed by atoms with Crippen LogP contribution in [0.5, 0.6) is 0 Å². The number of fused-ring (bicyclic) bond motifs is 1. The Morgan fingerprint density at radius 2 is 2.43 bits per heavy atom. The number of hydrogen-bond acceptors (Lipinski definition) is 3. The van der Waals surface area contributed by atoms with Crippen LogP contribution in [0.4, 0.5) is 5.69 Å². The fourth-order valence-electron chi connectivity index (χ4n) is 1.50. The standard InChI is InChI=1S/C9H9N3O2/c1-2-11-6-8(12(13)14)9-7(11)4-3-5-10-9/h3-6H,2H2,1H3. The van der Waals surface area contributed by atoms with Gasteiger partial charge in [0, 0.05) is 12.7 Å². The first-order chi connectivity index (χ1) is 6.74. The maximum atomic E-state index is 10.7. The summed E-state index contributed by atoms with van der Waals surface area (Å²) in [6, 6.07) is 3.61. The van der Waals surface area contributed by atoms with Crippen molar-refractivity contribution in [3.63, 3.8) is 0 Å². The highest BCUT2D eigenvalue weighted by Gasteiger charge is 2.17. The monoisotopic (exact) mass is 191 g/mol. The Balaban J connectivity index is 2.80. The van der Waals surface area contributed by atoms with E-state index in [1.807, 2.05) is 17.6 Å². The molecule has 0 radical (unpaired) electrons. The molecule has 14 heavy (non-hydrogen) atoms. The molecule has 0 spiro atoms. The molecule has 0 saturated heterocycles. The smallest absolute Gasteiger partial charge is 0.312 e. The minimum atomic E-state index is -0.401. The van der Waals surface area contributed by atoms with Crippen LogP contribution in [0.3, 0.4) is 0 Å².